The average Bonchev–Trinajstić information content (AvgIpc) is 2.82. The second-order valence-corrected chi connectivity index (χ2v) is 7.27. The first-order valence-electron chi connectivity index (χ1n) is 8.03. The van der Waals surface area contributed by atoms with Gasteiger partial charge >= 0.3 is 12.0 Å². The van der Waals surface area contributed by atoms with E-state index in [9.17, 15) is 14.4 Å². The Morgan fingerprint density at radius 3 is 2.26 bits per heavy atom. The molecule has 27 heavy (non-hydrogen) atoms. The minimum absolute atomic E-state index is 0.254. The third-order valence-electron chi connectivity index (χ3n) is 4.30. The Labute approximate surface area is 166 Å². The fourth-order valence-electron chi connectivity index (χ4n) is 2.99. The van der Waals surface area contributed by atoms with E-state index in [1.807, 2.05) is 0 Å². The fourth-order valence-corrected chi connectivity index (χ4v) is 3.51. The van der Waals surface area contributed by atoms with Crippen LogP contribution in [0.25, 0.3) is 0 Å². The van der Waals surface area contributed by atoms with Gasteiger partial charge in [0, 0.05) is 16.5 Å². The molecule has 8 heteroatoms. The van der Waals surface area contributed by atoms with Gasteiger partial charge in [-0.05, 0) is 42.8 Å². The zero-order valence-corrected chi connectivity index (χ0v) is 16.1. The van der Waals surface area contributed by atoms with E-state index in [1.165, 1.54) is 25.3 Å². The molecule has 3 rings (SSSR count). The predicted octanol–water partition coefficient (Wildman–Crippen LogP) is 3.84. The van der Waals surface area contributed by atoms with Crippen molar-refractivity contribution in [1.82, 2.24) is 5.32 Å². The lowest BCUT2D eigenvalue weighted by atomic mass is 9.92. The monoisotopic (exact) mass is 406 g/mol. The van der Waals surface area contributed by atoms with Crippen molar-refractivity contribution >= 4 is 46.8 Å². The zero-order chi connectivity index (χ0) is 19.8. The van der Waals surface area contributed by atoms with Crippen LogP contribution < -0.4 is 10.2 Å². The maximum atomic E-state index is 13.0. The fraction of sp³-hybridized carbons (Fsp3) is 0.211. The van der Waals surface area contributed by atoms with Crippen LogP contribution in [0.15, 0.2) is 42.5 Å². The number of amides is 3. The number of imide groups is 1. The Morgan fingerprint density at radius 2 is 1.70 bits per heavy atom. The molecule has 1 heterocycles. The van der Waals surface area contributed by atoms with Crippen LogP contribution in [0.3, 0.4) is 0 Å². The molecule has 0 aliphatic carbocycles. The number of hydrogen-bond donors (Lipinski definition) is 1. The number of carbonyl (C=O) groups is 3. The van der Waals surface area contributed by atoms with Gasteiger partial charge in [-0.15, -0.1) is 0 Å². The molecule has 140 valence electrons. The van der Waals surface area contributed by atoms with Crippen LogP contribution in [-0.4, -0.2) is 30.6 Å². The Kier molecular flexibility index (Phi) is 5.13. The van der Waals surface area contributed by atoms with Crippen LogP contribution in [0.2, 0.25) is 10.0 Å². The minimum Gasteiger partial charge on any atom is -0.465 e. The van der Waals surface area contributed by atoms with E-state index >= 15 is 0 Å². The summed E-state index contributed by atoms with van der Waals surface area (Å²) in [6, 6.07) is 10.6. The summed E-state index contributed by atoms with van der Waals surface area (Å²) in [6.45, 7) is 1.65. The number of anilines is 1. The highest BCUT2D eigenvalue weighted by molar-refractivity contribution is 6.35. The van der Waals surface area contributed by atoms with Gasteiger partial charge in [0.25, 0.3) is 5.91 Å². The van der Waals surface area contributed by atoms with E-state index in [0.29, 0.717) is 21.3 Å². The summed E-state index contributed by atoms with van der Waals surface area (Å²) in [6.07, 6.45) is 0.254. The predicted molar refractivity (Wildman–Crippen MR) is 102 cm³/mol. The van der Waals surface area contributed by atoms with Crippen molar-refractivity contribution in [3.63, 3.8) is 0 Å². The van der Waals surface area contributed by atoms with Crippen molar-refractivity contribution in [3.05, 3.63) is 63.6 Å². The molecule has 0 radical (unpaired) electrons. The number of halogens is 2. The second-order valence-electron chi connectivity index (χ2n) is 6.40. The highest BCUT2D eigenvalue weighted by atomic mass is 35.5. The molecule has 0 bridgehead atoms. The van der Waals surface area contributed by atoms with Gasteiger partial charge in [-0.3, -0.25) is 4.79 Å². The molecule has 0 aromatic heterocycles. The van der Waals surface area contributed by atoms with E-state index in [1.54, 1.807) is 31.2 Å². The molecule has 1 saturated heterocycles. The Bertz CT molecular complexity index is 910. The Balaban J connectivity index is 1.85. The van der Waals surface area contributed by atoms with E-state index in [0.717, 1.165) is 10.5 Å². The van der Waals surface area contributed by atoms with Gasteiger partial charge in [-0.2, -0.15) is 0 Å². The average molecular weight is 407 g/mol. The lowest BCUT2D eigenvalue weighted by molar-refractivity contribution is -0.121. The molecule has 2 aromatic carbocycles. The first kappa shape index (κ1) is 19.2. The molecule has 0 spiro atoms. The summed E-state index contributed by atoms with van der Waals surface area (Å²) in [5, 5.41) is 3.37. The maximum absolute atomic E-state index is 13.0. The van der Waals surface area contributed by atoms with Crippen molar-refractivity contribution in [2.75, 3.05) is 12.0 Å². The summed E-state index contributed by atoms with van der Waals surface area (Å²) in [5.74, 6) is -0.857. The quantitative estimate of drug-likeness (QED) is 0.618. The van der Waals surface area contributed by atoms with E-state index in [-0.39, 0.29) is 6.42 Å². The summed E-state index contributed by atoms with van der Waals surface area (Å²) >= 11 is 12.0. The Hall–Kier alpha value is -2.57. The molecular weight excluding hydrogens is 391 g/mol. The number of carbonyl (C=O) groups excluding carboxylic acids is 3. The van der Waals surface area contributed by atoms with Crippen LogP contribution in [0.4, 0.5) is 10.5 Å². The first-order valence-corrected chi connectivity index (χ1v) is 8.79. The van der Waals surface area contributed by atoms with Gasteiger partial charge in [-0.1, -0.05) is 35.3 Å². The second kappa shape index (κ2) is 7.21. The number of nitrogens with zero attached hydrogens (tertiary/aromatic N) is 1. The van der Waals surface area contributed by atoms with Crippen molar-refractivity contribution in [3.8, 4) is 0 Å². The van der Waals surface area contributed by atoms with Gasteiger partial charge in [0.15, 0.2) is 0 Å². The SMILES string of the molecule is COC(=O)c1ccc(CC2(C)NC(=O)N(c3cc(Cl)cc(Cl)c3)C2=O)cc1. The number of benzene rings is 2. The summed E-state index contributed by atoms with van der Waals surface area (Å²) < 4.78 is 4.66. The van der Waals surface area contributed by atoms with Crippen LogP contribution in [0, 0.1) is 0 Å². The molecule has 6 nitrogen and oxygen atoms in total. The van der Waals surface area contributed by atoms with Crippen molar-refractivity contribution < 1.29 is 19.1 Å². The molecular formula is C19H16Cl2N2O4. The summed E-state index contributed by atoms with van der Waals surface area (Å²) in [5.41, 5.74) is 0.353. The molecule has 3 amide bonds. The topological polar surface area (TPSA) is 75.7 Å². The van der Waals surface area contributed by atoms with Crippen LogP contribution in [-0.2, 0) is 16.0 Å². The van der Waals surface area contributed by atoms with E-state index < -0.39 is 23.4 Å². The molecule has 1 unspecified atom stereocenters. The molecule has 1 fully saturated rings. The molecule has 2 aromatic rings. The van der Waals surface area contributed by atoms with Crippen molar-refractivity contribution in [2.24, 2.45) is 0 Å². The molecule has 1 N–H and O–H groups in total. The highest BCUT2D eigenvalue weighted by Crippen LogP contribution is 2.31. The van der Waals surface area contributed by atoms with Gasteiger partial charge in [0.05, 0.1) is 18.4 Å². The van der Waals surface area contributed by atoms with Gasteiger partial charge in [0.1, 0.15) is 5.54 Å². The summed E-state index contributed by atoms with van der Waals surface area (Å²) in [7, 11) is 1.31. The van der Waals surface area contributed by atoms with Crippen molar-refractivity contribution in [1.29, 1.82) is 0 Å². The lowest BCUT2D eigenvalue weighted by Crippen LogP contribution is -2.46. The number of urea groups is 1. The zero-order valence-electron chi connectivity index (χ0n) is 14.6. The number of ether oxygens (including phenoxy) is 1. The molecule has 0 saturated carbocycles. The largest absolute Gasteiger partial charge is 0.465 e. The van der Waals surface area contributed by atoms with Gasteiger partial charge in [0.2, 0.25) is 0 Å². The molecule has 1 atom stereocenters. The number of nitrogens with one attached hydrogen (secondary N) is 1. The minimum atomic E-state index is -1.14. The lowest BCUT2D eigenvalue weighted by Gasteiger charge is -2.22. The third kappa shape index (κ3) is 3.77. The van der Waals surface area contributed by atoms with E-state index in [4.69, 9.17) is 23.2 Å². The van der Waals surface area contributed by atoms with Crippen LogP contribution >= 0.6 is 23.2 Å². The smallest absolute Gasteiger partial charge is 0.337 e. The maximum Gasteiger partial charge on any atom is 0.337 e. The third-order valence-corrected chi connectivity index (χ3v) is 4.74. The van der Waals surface area contributed by atoms with Gasteiger partial charge < -0.3 is 10.1 Å². The molecule has 1 aliphatic heterocycles. The standard InChI is InChI=1S/C19H16Cl2N2O4/c1-19(10-11-3-5-12(6-4-11)16(24)27-2)17(25)23(18(26)22-19)15-8-13(20)7-14(21)9-15/h3-9H,10H2,1-2H3,(H,22,26). The van der Waals surface area contributed by atoms with Crippen molar-refractivity contribution in [2.45, 2.75) is 18.9 Å². The first-order chi connectivity index (χ1) is 12.7. The number of hydrogen-bond acceptors (Lipinski definition) is 4. The normalized spacial score (nSPS) is 19.2. The van der Waals surface area contributed by atoms with Crippen LogP contribution in [0.5, 0.6) is 0 Å². The van der Waals surface area contributed by atoms with Crippen LogP contribution in [0.1, 0.15) is 22.8 Å². The number of esters is 1. The number of methoxy groups -OCH3 is 1. The highest BCUT2D eigenvalue weighted by Gasteiger charge is 2.48. The summed E-state index contributed by atoms with van der Waals surface area (Å²) in [4.78, 5) is 38.0. The molecule has 1 aliphatic rings. The van der Waals surface area contributed by atoms with E-state index in [2.05, 4.69) is 10.1 Å². The van der Waals surface area contributed by atoms with Gasteiger partial charge in [-0.25, -0.2) is 14.5 Å². The Morgan fingerprint density at radius 1 is 1.11 bits per heavy atom. The number of rotatable bonds is 4.